The molecule has 0 saturated heterocycles. The number of anilines is 1. The van der Waals surface area contributed by atoms with Gasteiger partial charge in [-0.3, -0.25) is 4.90 Å². The molecule has 3 heterocycles. The van der Waals surface area contributed by atoms with E-state index >= 15 is 0 Å². The average molecular weight is 670 g/mol. The molecule has 0 bridgehead atoms. The summed E-state index contributed by atoms with van der Waals surface area (Å²) in [5, 5.41) is 11.9. The number of ether oxygens (including phenoxy) is 2. The van der Waals surface area contributed by atoms with Gasteiger partial charge in [0.2, 0.25) is 5.88 Å². The maximum absolute atomic E-state index is 13.6. The van der Waals surface area contributed by atoms with Crippen LogP contribution >= 0.6 is 0 Å². The first-order valence-electron chi connectivity index (χ1n) is 14.4. The van der Waals surface area contributed by atoms with Crippen LogP contribution in [-0.2, 0) is 29.9 Å². The summed E-state index contributed by atoms with van der Waals surface area (Å²) in [5.74, 6) is -0.659. The number of amidine groups is 1. The Morgan fingerprint density at radius 2 is 1.77 bits per heavy atom. The van der Waals surface area contributed by atoms with Gasteiger partial charge in [-0.15, -0.1) is 0 Å². The van der Waals surface area contributed by atoms with Crippen molar-refractivity contribution in [2.45, 2.75) is 69.9 Å². The third kappa shape index (κ3) is 7.66. The third-order valence-corrected chi connectivity index (χ3v) is 7.80. The van der Waals surface area contributed by atoms with Crippen molar-refractivity contribution in [2.75, 3.05) is 18.6 Å². The van der Waals surface area contributed by atoms with E-state index in [1.165, 1.54) is 24.3 Å². The average Bonchev–Trinajstić information content (AvgIpc) is 3.02. The number of benzene rings is 1. The number of nitrogens with zero attached hydrogens (tertiary/aromatic N) is 5. The van der Waals surface area contributed by atoms with Crippen LogP contribution in [-0.4, -0.2) is 51.5 Å². The van der Waals surface area contributed by atoms with Gasteiger partial charge in [0.15, 0.2) is 0 Å². The molecule has 1 aliphatic heterocycles. The lowest BCUT2D eigenvalue weighted by Crippen LogP contribution is -2.61. The van der Waals surface area contributed by atoms with Gasteiger partial charge < -0.3 is 26.1 Å². The molecule has 254 valence electrons. The van der Waals surface area contributed by atoms with Crippen LogP contribution in [0, 0.1) is 0 Å². The minimum Gasteiger partial charge on any atom is -0.481 e. The molecule has 4 rings (SSSR count). The van der Waals surface area contributed by atoms with Gasteiger partial charge in [-0.25, -0.2) is 19.7 Å². The molecule has 2 atom stereocenters. The molecule has 0 radical (unpaired) electrons. The molecular formula is C30H33F6N7O4. The number of hydrogen-bond acceptors (Lipinski definition) is 9. The number of carbonyl (C=O) groups excluding carboxylic acids is 1. The standard InChI is InChI=1S/C30H33F6N7O4/c1-4-28(38)14-20(25-22(7-9-24(41-25)46-3)43(28)27(44)47-5-2)26-39-15-17(6-8-23(37)42-45)21(40-26)12-16-10-18(29(31,32)33)13-19(11-16)30(34,35)36/h7,9-11,13,15,20,45H,4-6,8,12,14,38H2,1-3H3,(H2,37,42)/t20-,28+/m0/s1. The van der Waals surface area contributed by atoms with E-state index in [0.717, 1.165) is 0 Å². The highest BCUT2D eigenvalue weighted by Gasteiger charge is 2.47. The number of methoxy groups -OCH3 is 1. The maximum atomic E-state index is 13.6. The number of carbonyl (C=O) groups is 1. The fraction of sp³-hybridized carbons (Fsp3) is 0.433. The minimum atomic E-state index is -5.05. The van der Waals surface area contributed by atoms with Crippen molar-refractivity contribution in [1.82, 2.24) is 15.0 Å². The molecule has 3 aromatic rings. The molecule has 1 aromatic carbocycles. The van der Waals surface area contributed by atoms with E-state index in [2.05, 4.69) is 20.1 Å². The first-order valence-corrected chi connectivity index (χ1v) is 14.4. The van der Waals surface area contributed by atoms with E-state index in [-0.39, 0.29) is 67.2 Å². The Bertz CT molecular complexity index is 1620. The molecule has 17 heteroatoms. The van der Waals surface area contributed by atoms with Crippen LogP contribution in [0.3, 0.4) is 0 Å². The van der Waals surface area contributed by atoms with Gasteiger partial charge in [0.05, 0.1) is 47.8 Å². The summed E-state index contributed by atoms with van der Waals surface area (Å²) in [6.07, 6.45) is -9.56. The number of alkyl halides is 6. The van der Waals surface area contributed by atoms with Crippen LogP contribution < -0.4 is 21.1 Å². The summed E-state index contributed by atoms with van der Waals surface area (Å²) in [6, 6.07) is 4.41. The lowest BCUT2D eigenvalue weighted by atomic mass is 9.83. The predicted octanol–water partition coefficient (Wildman–Crippen LogP) is 5.75. The van der Waals surface area contributed by atoms with Gasteiger partial charge >= 0.3 is 18.4 Å². The smallest absolute Gasteiger partial charge is 0.416 e. The molecule has 0 fully saturated rings. The van der Waals surface area contributed by atoms with Gasteiger partial charge in [0.1, 0.15) is 17.3 Å². The van der Waals surface area contributed by atoms with Gasteiger partial charge in [-0.05, 0) is 61.6 Å². The molecule has 1 amide bonds. The fourth-order valence-corrected chi connectivity index (χ4v) is 5.39. The van der Waals surface area contributed by atoms with E-state index in [9.17, 15) is 31.1 Å². The molecule has 5 N–H and O–H groups in total. The fourth-order valence-electron chi connectivity index (χ4n) is 5.39. The Hall–Kier alpha value is -4.67. The summed E-state index contributed by atoms with van der Waals surface area (Å²) in [5.41, 5.74) is 8.87. The van der Waals surface area contributed by atoms with Crippen LogP contribution in [0.1, 0.15) is 78.5 Å². The summed E-state index contributed by atoms with van der Waals surface area (Å²) < 4.78 is 92.5. The third-order valence-electron chi connectivity index (χ3n) is 7.80. The van der Waals surface area contributed by atoms with E-state index in [1.54, 1.807) is 19.9 Å². The van der Waals surface area contributed by atoms with Crippen LogP contribution in [0.2, 0.25) is 0 Å². The number of hydrogen-bond donors (Lipinski definition) is 3. The van der Waals surface area contributed by atoms with Crippen LogP contribution in [0.15, 0.2) is 41.7 Å². The quantitative estimate of drug-likeness (QED) is 0.0847. The van der Waals surface area contributed by atoms with Gasteiger partial charge in [0.25, 0.3) is 0 Å². The number of aromatic nitrogens is 3. The molecular weight excluding hydrogens is 636 g/mol. The second-order valence-corrected chi connectivity index (χ2v) is 10.9. The highest BCUT2D eigenvalue weighted by atomic mass is 19.4. The summed E-state index contributed by atoms with van der Waals surface area (Å²) >= 11 is 0. The molecule has 0 saturated carbocycles. The Kier molecular flexibility index (Phi) is 10.2. The number of pyridine rings is 1. The van der Waals surface area contributed by atoms with E-state index in [4.69, 9.17) is 26.1 Å². The Morgan fingerprint density at radius 1 is 1.11 bits per heavy atom. The van der Waals surface area contributed by atoms with Gasteiger partial charge in [-0.2, -0.15) is 26.3 Å². The zero-order valence-electron chi connectivity index (χ0n) is 25.6. The second kappa shape index (κ2) is 13.6. The first-order chi connectivity index (χ1) is 22.0. The van der Waals surface area contributed by atoms with Crippen molar-refractivity contribution >= 4 is 17.6 Å². The Balaban J connectivity index is 1.90. The molecule has 0 aliphatic carbocycles. The van der Waals surface area contributed by atoms with Crippen LogP contribution in [0.4, 0.5) is 36.8 Å². The number of aryl methyl sites for hydroxylation is 1. The van der Waals surface area contributed by atoms with Crippen LogP contribution in [0.25, 0.3) is 0 Å². The zero-order valence-corrected chi connectivity index (χ0v) is 25.6. The SMILES string of the molecule is CCOC(=O)N1c2ccc(OC)nc2[C@@H](c2ncc(CCC(N)=NO)c(Cc3cc(C(F)(F)F)cc(C(F)(F)F)c3)n2)C[C@@]1(N)CC. The number of oxime groups is 1. The number of rotatable bonds is 9. The lowest BCUT2D eigenvalue weighted by Gasteiger charge is -2.46. The van der Waals surface area contributed by atoms with Crippen molar-refractivity contribution in [3.05, 3.63) is 76.0 Å². The normalized spacial score (nSPS) is 18.6. The number of fused-ring (bicyclic) bond motifs is 1. The van der Waals surface area contributed by atoms with Gasteiger partial charge in [-0.1, -0.05) is 12.1 Å². The molecule has 47 heavy (non-hydrogen) atoms. The van der Waals surface area contributed by atoms with Crippen molar-refractivity contribution in [1.29, 1.82) is 0 Å². The van der Waals surface area contributed by atoms with Crippen molar-refractivity contribution in [3.63, 3.8) is 0 Å². The highest BCUT2D eigenvalue weighted by molar-refractivity contribution is 5.91. The second-order valence-electron chi connectivity index (χ2n) is 10.9. The molecule has 2 aromatic heterocycles. The van der Waals surface area contributed by atoms with Crippen molar-refractivity contribution < 1.29 is 45.8 Å². The zero-order chi connectivity index (χ0) is 34.7. The van der Waals surface area contributed by atoms with Gasteiger partial charge in [0, 0.05) is 25.1 Å². The number of halogens is 6. The van der Waals surface area contributed by atoms with Crippen molar-refractivity contribution in [3.8, 4) is 5.88 Å². The topological polar surface area (TPSA) is 162 Å². The van der Waals surface area contributed by atoms with E-state index < -0.39 is 47.6 Å². The van der Waals surface area contributed by atoms with Crippen LogP contribution in [0.5, 0.6) is 5.88 Å². The van der Waals surface area contributed by atoms with E-state index in [0.29, 0.717) is 29.1 Å². The minimum absolute atomic E-state index is 0.0101. The number of amides is 1. The summed E-state index contributed by atoms with van der Waals surface area (Å²) in [7, 11) is 1.39. The maximum Gasteiger partial charge on any atom is 0.416 e. The lowest BCUT2D eigenvalue weighted by molar-refractivity contribution is -0.143. The summed E-state index contributed by atoms with van der Waals surface area (Å²) in [4.78, 5) is 28.1. The molecule has 11 nitrogen and oxygen atoms in total. The first kappa shape index (κ1) is 35.2. The number of nitrogens with two attached hydrogens (primary N) is 2. The Morgan fingerprint density at radius 3 is 2.32 bits per heavy atom. The predicted molar refractivity (Wildman–Crippen MR) is 157 cm³/mol. The van der Waals surface area contributed by atoms with Crippen molar-refractivity contribution in [2.24, 2.45) is 16.6 Å². The molecule has 1 aliphatic rings. The largest absolute Gasteiger partial charge is 0.481 e. The monoisotopic (exact) mass is 669 g/mol. The molecule has 0 spiro atoms. The highest BCUT2D eigenvalue weighted by Crippen LogP contribution is 2.45. The summed E-state index contributed by atoms with van der Waals surface area (Å²) in [6.45, 7) is 3.48. The van der Waals surface area contributed by atoms with E-state index in [1.807, 2.05) is 0 Å². The molecule has 0 unspecified atom stereocenters. The Labute approximate surface area is 265 Å².